The summed E-state index contributed by atoms with van der Waals surface area (Å²) in [5.74, 6) is 0.186. The fourth-order valence-corrected chi connectivity index (χ4v) is 2.02. The van der Waals surface area contributed by atoms with E-state index in [1.807, 2.05) is 0 Å². The molecule has 2 rings (SSSR count). The largest absolute Gasteiger partial charge is 0.455 e. The number of Topliss-reactive ketones (excluding diaryl/α,β-unsaturated/α-hetero) is 1. The number of carbonyl (C=O) groups excluding carboxylic acids is 1. The van der Waals surface area contributed by atoms with Gasteiger partial charge < -0.3 is 4.74 Å². The van der Waals surface area contributed by atoms with Gasteiger partial charge in [0, 0.05) is 11.6 Å². The van der Waals surface area contributed by atoms with Gasteiger partial charge in [-0.1, -0.05) is 11.6 Å². The molecule has 0 aliphatic heterocycles. The van der Waals surface area contributed by atoms with Crippen molar-refractivity contribution in [1.82, 2.24) is 0 Å². The second-order valence-electron chi connectivity index (χ2n) is 3.88. The highest BCUT2D eigenvalue weighted by molar-refractivity contribution is 9.10. The van der Waals surface area contributed by atoms with Crippen LogP contribution < -0.4 is 4.74 Å². The van der Waals surface area contributed by atoms with Crippen LogP contribution >= 0.6 is 27.5 Å². The maximum Gasteiger partial charge on any atom is 0.159 e. The zero-order chi connectivity index (χ0) is 14.0. The SMILES string of the molecule is CC(=O)c1ccc(Oc2cc(F)ccc2Br)c(Cl)c1. The molecule has 0 saturated carbocycles. The molecule has 0 aromatic heterocycles. The van der Waals surface area contributed by atoms with E-state index in [1.54, 1.807) is 18.2 Å². The molecular weight excluding hydrogens is 335 g/mol. The van der Waals surface area contributed by atoms with Crippen molar-refractivity contribution in [2.45, 2.75) is 6.92 Å². The number of ketones is 1. The van der Waals surface area contributed by atoms with Gasteiger partial charge in [-0.25, -0.2) is 4.39 Å². The number of rotatable bonds is 3. The molecule has 5 heteroatoms. The lowest BCUT2D eigenvalue weighted by molar-refractivity contribution is 0.101. The van der Waals surface area contributed by atoms with Crippen molar-refractivity contribution in [2.24, 2.45) is 0 Å². The zero-order valence-corrected chi connectivity index (χ0v) is 12.3. The van der Waals surface area contributed by atoms with Crippen LogP contribution in [0.3, 0.4) is 0 Å². The highest BCUT2D eigenvalue weighted by atomic mass is 79.9. The minimum atomic E-state index is -0.408. The Hall–Kier alpha value is -1.39. The molecule has 2 aromatic rings. The molecule has 0 saturated heterocycles. The van der Waals surface area contributed by atoms with Crippen LogP contribution in [0.2, 0.25) is 5.02 Å². The second-order valence-corrected chi connectivity index (χ2v) is 5.14. The summed E-state index contributed by atoms with van der Waals surface area (Å²) in [5, 5.41) is 0.295. The lowest BCUT2D eigenvalue weighted by Crippen LogP contribution is -1.93. The molecule has 0 atom stereocenters. The summed E-state index contributed by atoms with van der Waals surface area (Å²) in [6, 6.07) is 8.82. The van der Waals surface area contributed by atoms with Gasteiger partial charge in [0.2, 0.25) is 0 Å². The van der Waals surface area contributed by atoms with Crippen molar-refractivity contribution >= 4 is 33.3 Å². The average molecular weight is 344 g/mol. The third kappa shape index (κ3) is 3.33. The van der Waals surface area contributed by atoms with E-state index >= 15 is 0 Å². The van der Waals surface area contributed by atoms with Gasteiger partial charge in [-0.15, -0.1) is 0 Å². The predicted octanol–water partition coefficient (Wildman–Crippen LogP) is 5.24. The Morgan fingerprint density at radius 1 is 1.21 bits per heavy atom. The Morgan fingerprint density at radius 2 is 1.95 bits per heavy atom. The van der Waals surface area contributed by atoms with Gasteiger partial charge in [0.15, 0.2) is 5.78 Å². The number of halogens is 3. The average Bonchev–Trinajstić information content (AvgIpc) is 2.36. The molecule has 0 spiro atoms. The third-order valence-electron chi connectivity index (χ3n) is 2.45. The summed E-state index contributed by atoms with van der Waals surface area (Å²) in [7, 11) is 0. The molecule has 0 unspecified atom stereocenters. The van der Waals surface area contributed by atoms with E-state index < -0.39 is 5.82 Å². The molecule has 0 N–H and O–H groups in total. The fraction of sp³-hybridized carbons (Fsp3) is 0.0714. The first kappa shape index (κ1) is 14.0. The normalized spacial score (nSPS) is 10.3. The molecule has 0 radical (unpaired) electrons. The maximum atomic E-state index is 13.1. The fourth-order valence-electron chi connectivity index (χ4n) is 1.48. The Morgan fingerprint density at radius 3 is 2.58 bits per heavy atom. The first-order valence-electron chi connectivity index (χ1n) is 5.41. The third-order valence-corrected chi connectivity index (χ3v) is 3.40. The molecule has 0 heterocycles. The van der Waals surface area contributed by atoms with Crippen LogP contribution in [0.5, 0.6) is 11.5 Å². The Balaban J connectivity index is 2.33. The summed E-state index contributed by atoms with van der Waals surface area (Å²) >= 11 is 9.29. The lowest BCUT2D eigenvalue weighted by Gasteiger charge is -2.10. The van der Waals surface area contributed by atoms with Crippen molar-refractivity contribution in [3.63, 3.8) is 0 Å². The summed E-state index contributed by atoms with van der Waals surface area (Å²) in [6.07, 6.45) is 0. The Kier molecular flexibility index (Phi) is 4.22. The van der Waals surface area contributed by atoms with Crippen molar-refractivity contribution < 1.29 is 13.9 Å². The van der Waals surface area contributed by atoms with Crippen molar-refractivity contribution in [3.8, 4) is 11.5 Å². The molecular formula is C14H9BrClFO2. The zero-order valence-electron chi connectivity index (χ0n) is 9.91. The van der Waals surface area contributed by atoms with E-state index in [0.29, 0.717) is 26.6 Å². The maximum absolute atomic E-state index is 13.1. The van der Waals surface area contributed by atoms with Crippen molar-refractivity contribution in [3.05, 3.63) is 57.3 Å². The Bertz CT molecular complexity index is 643. The summed E-state index contributed by atoms with van der Waals surface area (Å²) in [6.45, 7) is 1.45. The van der Waals surface area contributed by atoms with E-state index in [1.165, 1.54) is 25.1 Å². The molecule has 2 nitrogen and oxygen atoms in total. The summed E-state index contributed by atoms with van der Waals surface area (Å²) in [5.41, 5.74) is 0.496. The standard InChI is InChI=1S/C14H9BrClFO2/c1-8(18)9-2-5-13(12(16)6-9)19-14-7-10(17)3-4-11(14)15/h2-7H,1H3. The van der Waals surface area contributed by atoms with Crippen LogP contribution in [0.15, 0.2) is 40.9 Å². The minimum absolute atomic E-state index is 0.0830. The van der Waals surface area contributed by atoms with E-state index in [2.05, 4.69) is 15.9 Å². The quantitative estimate of drug-likeness (QED) is 0.713. The number of benzene rings is 2. The van der Waals surface area contributed by atoms with Crippen molar-refractivity contribution in [1.29, 1.82) is 0 Å². The smallest absolute Gasteiger partial charge is 0.159 e. The van der Waals surface area contributed by atoms with E-state index in [-0.39, 0.29) is 5.78 Å². The first-order chi connectivity index (χ1) is 8.97. The molecule has 0 bridgehead atoms. The van der Waals surface area contributed by atoms with Crippen LogP contribution in [0, 0.1) is 5.82 Å². The predicted molar refractivity (Wildman–Crippen MR) is 75.6 cm³/mol. The van der Waals surface area contributed by atoms with Crippen LogP contribution in [-0.4, -0.2) is 5.78 Å². The molecule has 19 heavy (non-hydrogen) atoms. The summed E-state index contributed by atoms with van der Waals surface area (Å²) < 4.78 is 19.3. The van der Waals surface area contributed by atoms with Crippen LogP contribution in [0.25, 0.3) is 0 Å². The van der Waals surface area contributed by atoms with E-state index in [9.17, 15) is 9.18 Å². The highest BCUT2D eigenvalue weighted by Crippen LogP contribution is 2.34. The second kappa shape index (κ2) is 5.72. The van der Waals surface area contributed by atoms with Gasteiger partial charge in [0.1, 0.15) is 17.3 Å². The number of carbonyl (C=O) groups is 1. The van der Waals surface area contributed by atoms with Gasteiger partial charge in [-0.3, -0.25) is 4.79 Å². The monoisotopic (exact) mass is 342 g/mol. The molecule has 0 aliphatic carbocycles. The van der Waals surface area contributed by atoms with Crippen molar-refractivity contribution in [2.75, 3.05) is 0 Å². The summed E-state index contributed by atoms with van der Waals surface area (Å²) in [4.78, 5) is 11.2. The minimum Gasteiger partial charge on any atom is -0.455 e. The van der Waals surface area contributed by atoms with Gasteiger partial charge in [-0.05, 0) is 53.2 Å². The van der Waals surface area contributed by atoms with Crippen LogP contribution in [0.4, 0.5) is 4.39 Å². The van der Waals surface area contributed by atoms with E-state index in [4.69, 9.17) is 16.3 Å². The van der Waals surface area contributed by atoms with Crippen LogP contribution in [0.1, 0.15) is 17.3 Å². The Labute approximate surface area is 123 Å². The first-order valence-corrected chi connectivity index (χ1v) is 6.58. The highest BCUT2D eigenvalue weighted by Gasteiger charge is 2.09. The number of hydrogen-bond donors (Lipinski definition) is 0. The topological polar surface area (TPSA) is 26.3 Å². The van der Waals surface area contributed by atoms with Gasteiger partial charge in [0.05, 0.1) is 9.50 Å². The molecule has 0 amide bonds. The van der Waals surface area contributed by atoms with Gasteiger partial charge in [-0.2, -0.15) is 0 Å². The molecule has 98 valence electrons. The number of hydrogen-bond acceptors (Lipinski definition) is 2. The van der Waals surface area contributed by atoms with E-state index in [0.717, 1.165) is 0 Å². The van der Waals surface area contributed by atoms with Crippen LogP contribution in [-0.2, 0) is 0 Å². The number of ether oxygens (including phenoxy) is 1. The molecule has 2 aromatic carbocycles. The molecule has 0 fully saturated rings. The van der Waals surface area contributed by atoms with Gasteiger partial charge >= 0.3 is 0 Å². The van der Waals surface area contributed by atoms with Gasteiger partial charge in [0.25, 0.3) is 0 Å². The lowest BCUT2D eigenvalue weighted by atomic mass is 10.1. The molecule has 0 aliphatic rings.